The molecule has 3 amide bonds. The van der Waals surface area contributed by atoms with Crippen molar-refractivity contribution < 1.29 is 24.2 Å². The molecular formula is C26H33N3O5. The molecule has 0 saturated carbocycles. The molecule has 4 atom stereocenters. The molecule has 34 heavy (non-hydrogen) atoms. The number of carbonyl (C=O) groups excluding carboxylic acids is 3. The van der Waals surface area contributed by atoms with Gasteiger partial charge in [0.25, 0.3) is 0 Å². The Morgan fingerprint density at radius 3 is 2.35 bits per heavy atom. The molecule has 0 radical (unpaired) electrons. The van der Waals surface area contributed by atoms with Crippen LogP contribution in [-0.4, -0.2) is 60.6 Å². The first-order valence-electron chi connectivity index (χ1n) is 11.6. The highest BCUT2D eigenvalue weighted by atomic mass is 16.5. The van der Waals surface area contributed by atoms with E-state index in [4.69, 9.17) is 4.74 Å². The average molecular weight is 468 g/mol. The number of aliphatic hydroxyl groups is 1. The number of hydrogen-bond donors (Lipinski definition) is 3. The summed E-state index contributed by atoms with van der Waals surface area (Å²) in [5, 5.41) is 15.3. The highest BCUT2D eigenvalue weighted by Gasteiger charge is 2.38. The first-order chi connectivity index (χ1) is 16.5. The molecule has 0 aromatic heterocycles. The Balaban J connectivity index is 1.89. The van der Waals surface area contributed by atoms with Crippen LogP contribution in [0.15, 0.2) is 60.7 Å². The molecule has 1 heterocycles. The second kappa shape index (κ2) is 12.3. The smallest absolute Gasteiger partial charge is 0.248 e. The van der Waals surface area contributed by atoms with Crippen LogP contribution in [0.3, 0.4) is 0 Å². The predicted molar refractivity (Wildman–Crippen MR) is 128 cm³/mol. The molecular weight excluding hydrogens is 434 g/mol. The van der Waals surface area contributed by atoms with Gasteiger partial charge in [-0.3, -0.25) is 14.4 Å². The quantitative estimate of drug-likeness (QED) is 0.523. The standard InChI is InChI=1S/C26H33N3O5/c1-3-10-20(17-30)24(31)27-21(18-11-6-4-7-12-18)25(32)28-22-23(19-13-8-5-9-14-19)34-16-15-29(2)26(22)33/h4-9,11-14,20-23,30H,3,10,15-17H2,1-2H3,(H,27,31)(H,28,32)/t20-,21-,22-,23+/m0/s1. The molecule has 1 aliphatic rings. The van der Waals surface area contributed by atoms with Crippen LogP contribution in [0.25, 0.3) is 0 Å². The molecule has 8 heteroatoms. The lowest BCUT2D eigenvalue weighted by atomic mass is 9.98. The highest BCUT2D eigenvalue weighted by molar-refractivity contribution is 5.93. The van der Waals surface area contributed by atoms with Crippen molar-refractivity contribution in [1.82, 2.24) is 15.5 Å². The van der Waals surface area contributed by atoms with Crippen molar-refractivity contribution in [3.05, 3.63) is 71.8 Å². The summed E-state index contributed by atoms with van der Waals surface area (Å²) in [6.45, 7) is 2.36. The number of hydrogen-bond acceptors (Lipinski definition) is 5. The Kier molecular flexibility index (Phi) is 9.18. The lowest BCUT2D eigenvalue weighted by Gasteiger charge is -2.29. The van der Waals surface area contributed by atoms with Crippen LogP contribution in [0, 0.1) is 5.92 Å². The van der Waals surface area contributed by atoms with Gasteiger partial charge in [-0.2, -0.15) is 0 Å². The summed E-state index contributed by atoms with van der Waals surface area (Å²) in [5.41, 5.74) is 1.35. The Labute approximate surface area is 200 Å². The van der Waals surface area contributed by atoms with Crippen molar-refractivity contribution in [1.29, 1.82) is 0 Å². The van der Waals surface area contributed by atoms with E-state index in [9.17, 15) is 19.5 Å². The molecule has 0 spiro atoms. The number of likely N-dealkylation sites (N-methyl/N-ethyl adjacent to an activating group) is 1. The lowest BCUT2D eigenvalue weighted by Crippen LogP contribution is -2.53. The number of aliphatic hydroxyl groups excluding tert-OH is 1. The van der Waals surface area contributed by atoms with Gasteiger partial charge in [0.15, 0.2) is 0 Å². The third kappa shape index (κ3) is 6.21. The maximum absolute atomic E-state index is 13.5. The van der Waals surface area contributed by atoms with Crippen LogP contribution in [0.2, 0.25) is 0 Å². The predicted octanol–water partition coefficient (Wildman–Crippen LogP) is 1.97. The second-order valence-electron chi connectivity index (χ2n) is 8.47. The third-order valence-electron chi connectivity index (χ3n) is 6.01. The van der Waals surface area contributed by atoms with E-state index in [1.54, 1.807) is 31.3 Å². The normalized spacial score (nSPS) is 20.2. The first-order valence-corrected chi connectivity index (χ1v) is 11.6. The summed E-state index contributed by atoms with van der Waals surface area (Å²) in [5.74, 6) is -1.81. The van der Waals surface area contributed by atoms with Crippen molar-refractivity contribution in [3.63, 3.8) is 0 Å². The molecule has 0 unspecified atom stereocenters. The fraction of sp³-hybridized carbons (Fsp3) is 0.423. The molecule has 3 rings (SSSR count). The molecule has 182 valence electrons. The lowest BCUT2D eigenvalue weighted by molar-refractivity contribution is -0.138. The van der Waals surface area contributed by atoms with Gasteiger partial charge in [0.1, 0.15) is 18.2 Å². The monoisotopic (exact) mass is 467 g/mol. The minimum Gasteiger partial charge on any atom is -0.396 e. The van der Waals surface area contributed by atoms with Gasteiger partial charge >= 0.3 is 0 Å². The number of nitrogens with zero attached hydrogens (tertiary/aromatic N) is 1. The van der Waals surface area contributed by atoms with Crippen molar-refractivity contribution >= 4 is 17.7 Å². The van der Waals surface area contributed by atoms with Crippen molar-refractivity contribution in [2.24, 2.45) is 5.92 Å². The Hall–Kier alpha value is -3.23. The Bertz CT molecular complexity index is 953. The van der Waals surface area contributed by atoms with Crippen LogP contribution >= 0.6 is 0 Å². The van der Waals surface area contributed by atoms with Gasteiger partial charge in [0.2, 0.25) is 17.7 Å². The van der Waals surface area contributed by atoms with Gasteiger partial charge in [-0.25, -0.2) is 0 Å². The number of ether oxygens (including phenoxy) is 1. The van der Waals surface area contributed by atoms with Gasteiger partial charge < -0.3 is 25.4 Å². The molecule has 2 aromatic rings. The van der Waals surface area contributed by atoms with E-state index in [2.05, 4.69) is 10.6 Å². The molecule has 0 bridgehead atoms. The molecule has 1 saturated heterocycles. The summed E-state index contributed by atoms with van der Waals surface area (Å²) >= 11 is 0. The molecule has 1 aliphatic heterocycles. The van der Waals surface area contributed by atoms with Gasteiger partial charge in [-0.05, 0) is 17.5 Å². The summed E-state index contributed by atoms with van der Waals surface area (Å²) in [7, 11) is 1.67. The summed E-state index contributed by atoms with van der Waals surface area (Å²) in [6, 6.07) is 16.1. The minimum absolute atomic E-state index is 0.267. The van der Waals surface area contributed by atoms with Crippen molar-refractivity contribution in [2.45, 2.75) is 38.0 Å². The van der Waals surface area contributed by atoms with E-state index in [0.717, 1.165) is 12.0 Å². The SMILES string of the molecule is CCC[C@@H](CO)C(=O)N[C@H](C(=O)N[C@@H]1C(=O)N(C)CCO[C@@H]1c1ccccc1)c1ccccc1. The molecule has 1 fully saturated rings. The Morgan fingerprint density at radius 1 is 1.09 bits per heavy atom. The minimum atomic E-state index is -1.03. The fourth-order valence-corrected chi connectivity index (χ4v) is 4.05. The van der Waals surface area contributed by atoms with Crippen molar-refractivity contribution in [3.8, 4) is 0 Å². The molecule has 2 aromatic carbocycles. The molecule has 8 nitrogen and oxygen atoms in total. The Morgan fingerprint density at radius 2 is 1.74 bits per heavy atom. The third-order valence-corrected chi connectivity index (χ3v) is 6.01. The van der Waals surface area contributed by atoms with E-state index < -0.39 is 35.9 Å². The summed E-state index contributed by atoms with van der Waals surface area (Å²) < 4.78 is 6.00. The average Bonchev–Trinajstić information content (AvgIpc) is 3.00. The van der Waals surface area contributed by atoms with E-state index in [1.807, 2.05) is 43.3 Å². The summed E-state index contributed by atoms with van der Waals surface area (Å²) in [6.07, 6.45) is 0.557. The van der Waals surface area contributed by atoms with Gasteiger partial charge in [0.05, 0.1) is 19.1 Å². The maximum Gasteiger partial charge on any atom is 0.248 e. The van der Waals surface area contributed by atoms with Gasteiger partial charge in [-0.15, -0.1) is 0 Å². The van der Waals surface area contributed by atoms with Crippen LogP contribution in [0.4, 0.5) is 0 Å². The second-order valence-corrected chi connectivity index (χ2v) is 8.47. The number of carbonyl (C=O) groups is 3. The van der Waals surface area contributed by atoms with E-state index in [1.165, 1.54) is 4.90 Å². The van der Waals surface area contributed by atoms with Crippen LogP contribution in [0.5, 0.6) is 0 Å². The maximum atomic E-state index is 13.5. The molecule has 3 N–H and O–H groups in total. The zero-order valence-corrected chi connectivity index (χ0v) is 19.6. The van der Waals surface area contributed by atoms with Crippen LogP contribution in [-0.2, 0) is 19.1 Å². The van der Waals surface area contributed by atoms with E-state index >= 15 is 0 Å². The zero-order chi connectivity index (χ0) is 24.5. The van der Waals surface area contributed by atoms with Gasteiger partial charge in [-0.1, -0.05) is 74.0 Å². The van der Waals surface area contributed by atoms with Crippen molar-refractivity contribution in [2.75, 3.05) is 26.8 Å². The van der Waals surface area contributed by atoms with E-state index in [-0.39, 0.29) is 12.5 Å². The highest BCUT2D eigenvalue weighted by Crippen LogP contribution is 2.26. The summed E-state index contributed by atoms with van der Waals surface area (Å²) in [4.78, 5) is 41.1. The fourth-order valence-electron chi connectivity index (χ4n) is 4.05. The largest absolute Gasteiger partial charge is 0.396 e. The zero-order valence-electron chi connectivity index (χ0n) is 19.6. The number of amides is 3. The first kappa shape index (κ1) is 25.4. The van der Waals surface area contributed by atoms with Crippen LogP contribution in [0.1, 0.15) is 43.0 Å². The number of rotatable bonds is 9. The van der Waals surface area contributed by atoms with E-state index in [0.29, 0.717) is 25.1 Å². The van der Waals surface area contributed by atoms with Gasteiger partial charge in [0, 0.05) is 13.6 Å². The number of benzene rings is 2. The topological polar surface area (TPSA) is 108 Å². The number of nitrogens with one attached hydrogen (secondary N) is 2. The molecule has 0 aliphatic carbocycles. The van der Waals surface area contributed by atoms with Crippen LogP contribution < -0.4 is 10.6 Å².